The molecule has 1 atom stereocenters. The molecule has 15 heavy (non-hydrogen) atoms. The van der Waals surface area contributed by atoms with Crippen LogP contribution in [0.4, 0.5) is 0 Å². The highest BCUT2D eigenvalue weighted by Gasteiger charge is 2.18. The van der Waals surface area contributed by atoms with Gasteiger partial charge in [-0.3, -0.25) is 0 Å². The van der Waals surface area contributed by atoms with Crippen molar-refractivity contribution in [2.75, 3.05) is 0 Å². The smallest absolute Gasteiger partial charge is 0.141 e. The van der Waals surface area contributed by atoms with Gasteiger partial charge in [0, 0.05) is 5.56 Å². The fourth-order valence-corrected chi connectivity index (χ4v) is 2.78. The van der Waals surface area contributed by atoms with Crippen molar-refractivity contribution < 1.29 is 4.21 Å². The summed E-state index contributed by atoms with van der Waals surface area (Å²) in [6, 6.07) is 7.10. The Morgan fingerprint density at radius 3 is 3.00 bits per heavy atom. The van der Waals surface area contributed by atoms with Crippen LogP contribution in [0.1, 0.15) is 16.7 Å². The zero-order chi connectivity index (χ0) is 11.1. The topological polar surface area (TPSA) is 79.2 Å². The Morgan fingerprint density at radius 1 is 1.60 bits per heavy atom. The van der Waals surface area contributed by atoms with Gasteiger partial charge in [-0.05, 0) is 29.6 Å². The minimum Gasteiger partial charge on any atom is -0.383 e. The molecule has 0 saturated heterocycles. The van der Waals surface area contributed by atoms with Crippen molar-refractivity contribution in [3.05, 3.63) is 34.9 Å². The van der Waals surface area contributed by atoms with Crippen LogP contribution in [0.2, 0.25) is 0 Å². The van der Waals surface area contributed by atoms with E-state index in [1.165, 1.54) is 0 Å². The number of nitrogens with two attached hydrogens (primary N) is 1. The summed E-state index contributed by atoms with van der Waals surface area (Å²) in [6.07, 6.45) is 0. The predicted octanol–water partition coefficient (Wildman–Crippen LogP) is 0.409. The highest BCUT2D eigenvalue weighted by atomic mass is 32.2. The van der Waals surface area contributed by atoms with Crippen molar-refractivity contribution >= 4 is 21.4 Å². The number of benzene rings is 1. The second kappa shape index (κ2) is 3.11. The summed E-state index contributed by atoms with van der Waals surface area (Å²) in [5, 5.41) is 8.74. The van der Waals surface area contributed by atoms with Crippen molar-refractivity contribution in [3.8, 4) is 6.07 Å². The minimum absolute atomic E-state index is 0.237. The number of hydrogen-bond donors (Lipinski definition) is 1. The minimum atomic E-state index is -2.52. The van der Waals surface area contributed by atoms with Gasteiger partial charge in [-0.25, -0.2) is 4.21 Å². The number of rotatable bonds is 0. The summed E-state index contributed by atoms with van der Waals surface area (Å²) in [6.45, 7) is 0. The normalized spacial score (nSPS) is 23.8. The van der Waals surface area contributed by atoms with E-state index >= 15 is 0 Å². The summed E-state index contributed by atoms with van der Waals surface area (Å²) in [4.78, 5) is 0. The molecule has 0 fully saturated rings. The molecule has 5 heteroatoms. The van der Waals surface area contributed by atoms with E-state index in [4.69, 9.17) is 11.0 Å². The van der Waals surface area contributed by atoms with Gasteiger partial charge in [-0.1, -0.05) is 0 Å². The number of hydrogen-bond acceptors (Lipinski definition) is 3. The van der Waals surface area contributed by atoms with E-state index in [0.29, 0.717) is 5.56 Å². The summed E-state index contributed by atoms with van der Waals surface area (Å²) in [5.74, 6) is 4.00. The molecule has 2 rings (SSSR count). The van der Waals surface area contributed by atoms with Crippen LogP contribution in [-0.4, -0.2) is 15.9 Å². The largest absolute Gasteiger partial charge is 0.383 e. The molecule has 1 aromatic carbocycles. The monoisotopic (exact) mass is 219 g/mol. The lowest BCUT2D eigenvalue weighted by Crippen LogP contribution is -2.23. The van der Waals surface area contributed by atoms with Crippen LogP contribution in [-0.2, 0) is 15.5 Å². The van der Waals surface area contributed by atoms with Gasteiger partial charge in [0.25, 0.3) is 0 Å². The molecule has 0 aliphatic carbocycles. The summed E-state index contributed by atoms with van der Waals surface area (Å²) >= 11 is 0. The Balaban J connectivity index is 2.67. The van der Waals surface area contributed by atoms with Crippen molar-refractivity contribution in [1.29, 1.82) is 5.26 Å². The molecule has 2 N–H and O–H groups in total. The highest BCUT2D eigenvalue weighted by molar-refractivity contribution is 7.98. The Morgan fingerprint density at radius 2 is 2.33 bits per heavy atom. The molecule has 0 amide bonds. The van der Waals surface area contributed by atoms with E-state index in [2.05, 4.69) is 10.3 Å². The van der Waals surface area contributed by atoms with Crippen molar-refractivity contribution in [3.63, 3.8) is 0 Å². The van der Waals surface area contributed by atoms with E-state index in [9.17, 15) is 4.21 Å². The van der Waals surface area contributed by atoms with Gasteiger partial charge in [0.15, 0.2) is 0 Å². The number of nitrogens with zero attached hydrogens (tertiary/aromatic N) is 2. The molecule has 1 aliphatic rings. The van der Waals surface area contributed by atoms with Crippen LogP contribution < -0.4 is 5.73 Å². The van der Waals surface area contributed by atoms with E-state index < -0.39 is 9.71 Å². The van der Waals surface area contributed by atoms with Crippen LogP contribution >= 0.6 is 0 Å². The third kappa shape index (κ3) is 1.72. The van der Waals surface area contributed by atoms with Gasteiger partial charge in [-0.15, -0.1) is 0 Å². The van der Waals surface area contributed by atoms with Gasteiger partial charge in [-0.2, -0.15) is 9.66 Å². The molecule has 4 nitrogen and oxygen atoms in total. The molecule has 1 heterocycles. The van der Waals surface area contributed by atoms with Gasteiger partial charge in [0.1, 0.15) is 5.84 Å². The number of fused-ring (bicyclic) bond motifs is 1. The fourth-order valence-electron chi connectivity index (χ4n) is 1.54. The molecule has 0 aromatic heterocycles. The SMILES string of the molecule is C=S1(=O)Cc2cc(C#N)ccc2C(N)=N1. The quantitative estimate of drug-likeness (QED) is 0.642. The molecule has 1 aromatic rings. The van der Waals surface area contributed by atoms with E-state index in [1.807, 2.05) is 6.07 Å². The average Bonchev–Trinajstić information content (AvgIpc) is 2.14. The summed E-state index contributed by atoms with van der Waals surface area (Å²) in [5.41, 5.74) is 7.71. The lowest BCUT2D eigenvalue weighted by atomic mass is 10.0. The van der Waals surface area contributed by atoms with Gasteiger partial charge in [0.05, 0.1) is 27.1 Å². The van der Waals surface area contributed by atoms with E-state index in [-0.39, 0.29) is 11.6 Å². The molecule has 1 unspecified atom stereocenters. The van der Waals surface area contributed by atoms with Crippen LogP contribution in [0.5, 0.6) is 0 Å². The standard InChI is InChI=1S/C10H9N3OS/c1-15(14)6-8-4-7(5-11)2-3-9(8)10(12)13-15/h2-4H,1,6H2,(H2,12,13,14). The highest BCUT2D eigenvalue weighted by Crippen LogP contribution is 2.20. The summed E-state index contributed by atoms with van der Waals surface area (Å²) < 4.78 is 15.6. The third-order valence-electron chi connectivity index (χ3n) is 2.16. The van der Waals surface area contributed by atoms with Crippen LogP contribution in [0.3, 0.4) is 0 Å². The first kappa shape index (κ1) is 9.74. The Hall–Kier alpha value is -1.80. The first-order valence-corrected chi connectivity index (χ1v) is 6.11. The van der Waals surface area contributed by atoms with Gasteiger partial charge < -0.3 is 5.73 Å². The van der Waals surface area contributed by atoms with Crippen LogP contribution in [0.25, 0.3) is 0 Å². The maximum absolute atomic E-state index is 11.7. The maximum Gasteiger partial charge on any atom is 0.141 e. The zero-order valence-electron chi connectivity index (χ0n) is 7.93. The Labute approximate surface area is 88.2 Å². The lowest BCUT2D eigenvalue weighted by Gasteiger charge is -2.16. The molecule has 0 saturated carbocycles. The predicted molar refractivity (Wildman–Crippen MR) is 60.8 cm³/mol. The lowest BCUT2D eigenvalue weighted by molar-refractivity contribution is 0.681. The molecular formula is C10H9N3OS. The molecule has 0 bridgehead atoms. The third-order valence-corrected chi connectivity index (χ3v) is 3.45. The summed E-state index contributed by atoms with van der Waals surface area (Å²) in [7, 11) is -2.52. The number of amidine groups is 1. The second-order valence-electron chi connectivity index (χ2n) is 3.38. The van der Waals surface area contributed by atoms with Gasteiger partial charge in [0.2, 0.25) is 0 Å². The van der Waals surface area contributed by atoms with Crippen molar-refractivity contribution in [1.82, 2.24) is 0 Å². The molecule has 0 radical (unpaired) electrons. The first-order chi connectivity index (χ1) is 7.02. The zero-order valence-corrected chi connectivity index (χ0v) is 8.75. The first-order valence-electron chi connectivity index (χ1n) is 4.25. The van der Waals surface area contributed by atoms with E-state index in [1.54, 1.807) is 18.2 Å². The second-order valence-corrected chi connectivity index (χ2v) is 5.39. The maximum atomic E-state index is 11.7. The van der Waals surface area contributed by atoms with Crippen LogP contribution in [0.15, 0.2) is 22.6 Å². The van der Waals surface area contributed by atoms with Crippen molar-refractivity contribution in [2.24, 2.45) is 10.1 Å². The van der Waals surface area contributed by atoms with Crippen LogP contribution in [0, 0.1) is 11.3 Å². The molecular weight excluding hydrogens is 210 g/mol. The fraction of sp³-hybridized carbons (Fsp3) is 0.100. The van der Waals surface area contributed by atoms with Crippen molar-refractivity contribution in [2.45, 2.75) is 5.75 Å². The molecule has 76 valence electrons. The van der Waals surface area contributed by atoms with E-state index in [0.717, 1.165) is 11.1 Å². The average molecular weight is 219 g/mol. The molecule has 0 spiro atoms. The molecule has 1 aliphatic heterocycles. The number of nitriles is 1. The Kier molecular flexibility index (Phi) is 2.02. The van der Waals surface area contributed by atoms with Gasteiger partial charge >= 0.3 is 0 Å². The Bertz CT molecular complexity index is 594.